The summed E-state index contributed by atoms with van der Waals surface area (Å²) in [5.41, 5.74) is 2.83. The van der Waals surface area contributed by atoms with Crippen molar-refractivity contribution in [2.75, 3.05) is 26.2 Å². The Labute approximate surface area is 94.1 Å². The molecule has 0 atom stereocenters. The molecule has 0 unspecified atom stereocenters. The van der Waals surface area contributed by atoms with Gasteiger partial charge in [-0.2, -0.15) is 5.10 Å². The molecule has 0 aromatic heterocycles. The van der Waals surface area contributed by atoms with Crippen LogP contribution >= 0.6 is 0 Å². The Hall–Kier alpha value is -1.43. The molecule has 2 rings (SSSR count). The zero-order valence-electron chi connectivity index (χ0n) is 9.16. The van der Waals surface area contributed by atoms with Crippen molar-refractivity contribution >= 4 is 17.5 Å². The molecule has 1 fully saturated rings. The van der Waals surface area contributed by atoms with Crippen LogP contribution in [-0.4, -0.2) is 48.6 Å². The Bertz CT molecular complexity index is 319. The highest BCUT2D eigenvalue weighted by Gasteiger charge is 2.23. The standard InChI is InChI=1S/C10H16N4O2/c15-9-3-2-8(12-13-9)10(16)14-6-1-4-11-5-7-14/h11H,1-7H2,(H,13,15). The van der Waals surface area contributed by atoms with Gasteiger partial charge < -0.3 is 10.2 Å². The lowest BCUT2D eigenvalue weighted by Gasteiger charge is -2.21. The second-order valence-electron chi connectivity index (χ2n) is 3.99. The number of nitrogens with zero attached hydrogens (tertiary/aromatic N) is 2. The molecule has 0 aromatic rings. The quantitative estimate of drug-likeness (QED) is 0.604. The van der Waals surface area contributed by atoms with Gasteiger partial charge >= 0.3 is 0 Å². The van der Waals surface area contributed by atoms with Gasteiger partial charge in [-0.05, 0) is 13.0 Å². The normalized spacial score (nSPS) is 22.1. The maximum absolute atomic E-state index is 12.0. The number of hydrazone groups is 1. The summed E-state index contributed by atoms with van der Waals surface area (Å²) in [6, 6.07) is 0. The van der Waals surface area contributed by atoms with Crippen LogP contribution in [0.5, 0.6) is 0 Å². The van der Waals surface area contributed by atoms with Gasteiger partial charge in [0.05, 0.1) is 0 Å². The predicted octanol–water partition coefficient (Wildman–Crippen LogP) is -0.926. The van der Waals surface area contributed by atoms with Crippen LogP contribution in [0.1, 0.15) is 19.3 Å². The molecule has 2 N–H and O–H groups in total. The van der Waals surface area contributed by atoms with Crippen LogP contribution in [0.4, 0.5) is 0 Å². The minimum Gasteiger partial charge on any atom is -0.336 e. The fraction of sp³-hybridized carbons (Fsp3) is 0.700. The van der Waals surface area contributed by atoms with Gasteiger partial charge in [-0.15, -0.1) is 0 Å². The molecule has 6 nitrogen and oxygen atoms in total. The van der Waals surface area contributed by atoms with E-state index in [0.717, 1.165) is 26.1 Å². The van der Waals surface area contributed by atoms with Crippen molar-refractivity contribution in [3.05, 3.63) is 0 Å². The van der Waals surface area contributed by atoms with Crippen LogP contribution in [0.15, 0.2) is 5.10 Å². The van der Waals surface area contributed by atoms with Gasteiger partial charge in [-0.3, -0.25) is 9.59 Å². The molecule has 2 aliphatic rings. The van der Waals surface area contributed by atoms with Crippen molar-refractivity contribution in [2.24, 2.45) is 5.10 Å². The van der Waals surface area contributed by atoms with Gasteiger partial charge in [-0.1, -0.05) is 0 Å². The first-order chi connectivity index (χ1) is 7.77. The summed E-state index contributed by atoms with van der Waals surface area (Å²) in [6.07, 6.45) is 1.77. The van der Waals surface area contributed by atoms with E-state index in [9.17, 15) is 9.59 Å². The number of amides is 2. The van der Waals surface area contributed by atoms with E-state index < -0.39 is 0 Å². The van der Waals surface area contributed by atoms with E-state index in [1.165, 1.54) is 0 Å². The van der Waals surface area contributed by atoms with Crippen LogP contribution < -0.4 is 10.7 Å². The Morgan fingerprint density at radius 1 is 1.25 bits per heavy atom. The minimum atomic E-state index is -0.117. The van der Waals surface area contributed by atoms with Crippen molar-refractivity contribution < 1.29 is 9.59 Å². The van der Waals surface area contributed by atoms with Gasteiger partial charge in [0.25, 0.3) is 5.91 Å². The lowest BCUT2D eigenvalue weighted by Crippen LogP contribution is -2.41. The number of carbonyl (C=O) groups is 2. The molecule has 0 saturated carbocycles. The Kier molecular flexibility index (Phi) is 3.51. The second-order valence-corrected chi connectivity index (χ2v) is 3.99. The smallest absolute Gasteiger partial charge is 0.270 e. The van der Waals surface area contributed by atoms with Gasteiger partial charge in [0.2, 0.25) is 5.91 Å². The van der Waals surface area contributed by atoms with E-state index in [-0.39, 0.29) is 11.8 Å². The summed E-state index contributed by atoms with van der Waals surface area (Å²) in [4.78, 5) is 24.7. The number of hydrogen-bond acceptors (Lipinski definition) is 4. The van der Waals surface area contributed by atoms with Crippen molar-refractivity contribution in [1.82, 2.24) is 15.6 Å². The van der Waals surface area contributed by atoms with Crippen molar-refractivity contribution in [2.45, 2.75) is 19.3 Å². The van der Waals surface area contributed by atoms with Crippen molar-refractivity contribution in [1.29, 1.82) is 0 Å². The van der Waals surface area contributed by atoms with Crippen LogP contribution in [0.2, 0.25) is 0 Å². The highest BCUT2D eigenvalue weighted by molar-refractivity contribution is 6.39. The Morgan fingerprint density at radius 3 is 2.88 bits per heavy atom. The summed E-state index contributed by atoms with van der Waals surface area (Å²) in [5.74, 6) is -0.155. The van der Waals surface area contributed by atoms with Crippen molar-refractivity contribution in [3.63, 3.8) is 0 Å². The van der Waals surface area contributed by atoms with Crippen LogP contribution in [0, 0.1) is 0 Å². The fourth-order valence-electron chi connectivity index (χ4n) is 1.86. The van der Waals surface area contributed by atoms with Crippen LogP contribution in [0.3, 0.4) is 0 Å². The topological polar surface area (TPSA) is 73.8 Å². The first-order valence-electron chi connectivity index (χ1n) is 5.63. The average molecular weight is 224 g/mol. The molecule has 0 aliphatic carbocycles. The molecule has 1 saturated heterocycles. The number of rotatable bonds is 1. The SMILES string of the molecule is O=C1CCC(C(=O)N2CCCNCC2)=NN1. The summed E-state index contributed by atoms with van der Waals surface area (Å²) in [6.45, 7) is 3.25. The molecule has 2 heterocycles. The van der Waals surface area contributed by atoms with E-state index in [4.69, 9.17) is 0 Å². The third kappa shape index (κ3) is 2.57. The molecule has 2 aliphatic heterocycles. The maximum atomic E-state index is 12.0. The van der Waals surface area contributed by atoms with Crippen LogP contribution in [0.25, 0.3) is 0 Å². The molecule has 0 aromatic carbocycles. The molecule has 88 valence electrons. The molecular formula is C10H16N4O2. The third-order valence-electron chi connectivity index (χ3n) is 2.78. The summed E-state index contributed by atoms with van der Waals surface area (Å²) in [7, 11) is 0. The molecule has 6 heteroatoms. The van der Waals surface area contributed by atoms with Gasteiger partial charge in [-0.25, -0.2) is 5.43 Å². The molecular weight excluding hydrogens is 208 g/mol. The second kappa shape index (κ2) is 5.07. The number of nitrogens with one attached hydrogen (secondary N) is 2. The van der Waals surface area contributed by atoms with Crippen molar-refractivity contribution in [3.8, 4) is 0 Å². The average Bonchev–Trinajstić information content (AvgIpc) is 2.57. The van der Waals surface area contributed by atoms with E-state index in [1.807, 2.05) is 0 Å². The first-order valence-corrected chi connectivity index (χ1v) is 5.63. The maximum Gasteiger partial charge on any atom is 0.270 e. The Morgan fingerprint density at radius 2 is 2.12 bits per heavy atom. The number of hydrogen-bond donors (Lipinski definition) is 2. The third-order valence-corrected chi connectivity index (χ3v) is 2.78. The fourth-order valence-corrected chi connectivity index (χ4v) is 1.86. The molecule has 0 radical (unpaired) electrons. The zero-order chi connectivity index (χ0) is 11.4. The van der Waals surface area contributed by atoms with Gasteiger partial charge in [0, 0.05) is 32.5 Å². The largest absolute Gasteiger partial charge is 0.336 e. The minimum absolute atomic E-state index is 0.0382. The van der Waals surface area contributed by atoms with E-state index in [1.54, 1.807) is 4.90 Å². The van der Waals surface area contributed by atoms with Gasteiger partial charge in [0.15, 0.2) is 0 Å². The molecule has 16 heavy (non-hydrogen) atoms. The zero-order valence-corrected chi connectivity index (χ0v) is 9.16. The lowest BCUT2D eigenvalue weighted by molar-refractivity contribution is -0.124. The summed E-state index contributed by atoms with van der Waals surface area (Å²) < 4.78 is 0. The molecule has 0 spiro atoms. The summed E-state index contributed by atoms with van der Waals surface area (Å²) in [5, 5.41) is 7.06. The highest BCUT2D eigenvalue weighted by atomic mass is 16.2. The molecule has 0 bridgehead atoms. The van der Waals surface area contributed by atoms with E-state index in [0.29, 0.717) is 25.1 Å². The van der Waals surface area contributed by atoms with Crippen LogP contribution in [-0.2, 0) is 9.59 Å². The highest BCUT2D eigenvalue weighted by Crippen LogP contribution is 2.05. The number of carbonyl (C=O) groups excluding carboxylic acids is 2. The molecule has 2 amide bonds. The monoisotopic (exact) mass is 224 g/mol. The predicted molar refractivity (Wildman–Crippen MR) is 58.9 cm³/mol. The Balaban J connectivity index is 1.98. The first kappa shape index (κ1) is 11.1. The summed E-state index contributed by atoms with van der Waals surface area (Å²) >= 11 is 0. The van der Waals surface area contributed by atoms with E-state index >= 15 is 0 Å². The van der Waals surface area contributed by atoms with Gasteiger partial charge in [0.1, 0.15) is 5.71 Å². The lowest BCUT2D eigenvalue weighted by atomic mass is 10.1. The van der Waals surface area contributed by atoms with E-state index in [2.05, 4.69) is 15.8 Å².